The van der Waals surface area contributed by atoms with Crippen LogP contribution in [0, 0.1) is 22.7 Å². The smallest absolute Gasteiger partial charge is 0.101 e. The average molecular weight is 244 g/mol. The monoisotopic (exact) mass is 244 g/mol. The van der Waals surface area contributed by atoms with Crippen LogP contribution in [0.15, 0.2) is 12.1 Å². The van der Waals surface area contributed by atoms with Crippen LogP contribution in [0.1, 0.15) is 36.6 Å². The van der Waals surface area contributed by atoms with Gasteiger partial charge in [-0.3, -0.25) is 0 Å². The zero-order chi connectivity index (χ0) is 13.7. The summed E-state index contributed by atoms with van der Waals surface area (Å²) in [7, 11) is 0. The third kappa shape index (κ3) is 3.21. The van der Waals surface area contributed by atoms with Crippen molar-refractivity contribution in [3.05, 3.63) is 28.8 Å². The molecule has 0 heterocycles. The molecule has 4 N–H and O–H groups in total. The van der Waals surface area contributed by atoms with Crippen LogP contribution in [0.2, 0.25) is 0 Å². The van der Waals surface area contributed by atoms with E-state index in [2.05, 4.69) is 5.32 Å². The molecular weight excluding hydrogens is 228 g/mol. The van der Waals surface area contributed by atoms with Gasteiger partial charge < -0.3 is 16.2 Å². The Balaban J connectivity index is 3.04. The van der Waals surface area contributed by atoms with Crippen LogP contribution in [0.5, 0.6) is 0 Å². The molecule has 1 atom stereocenters. The van der Waals surface area contributed by atoms with E-state index in [1.807, 2.05) is 26.0 Å². The van der Waals surface area contributed by atoms with Gasteiger partial charge in [-0.05, 0) is 17.7 Å². The van der Waals surface area contributed by atoms with Gasteiger partial charge in [0.2, 0.25) is 0 Å². The third-order valence-electron chi connectivity index (χ3n) is 2.55. The number of aliphatic hydroxyl groups excluding tert-OH is 1. The van der Waals surface area contributed by atoms with Crippen molar-refractivity contribution in [1.29, 1.82) is 10.5 Å². The summed E-state index contributed by atoms with van der Waals surface area (Å²) in [5, 5.41) is 30.9. The van der Waals surface area contributed by atoms with Crippen molar-refractivity contribution in [1.82, 2.24) is 5.32 Å². The van der Waals surface area contributed by atoms with E-state index >= 15 is 0 Å². The van der Waals surface area contributed by atoms with Crippen molar-refractivity contribution in [2.45, 2.75) is 26.0 Å². The van der Waals surface area contributed by atoms with Gasteiger partial charge in [-0.1, -0.05) is 13.8 Å². The number of nitrogens with two attached hydrogens (primary N) is 1. The fourth-order valence-electron chi connectivity index (χ4n) is 1.52. The van der Waals surface area contributed by atoms with Crippen LogP contribution in [0.3, 0.4) is 0 Å². The molecule has 0 fully saturated rings. The number of hydrogen-bond donors (Lipinski definition) is 3. The van der Waals surface area contributed by atoms with E-state index in [4.69, 9.17) is 16.3 Å². The van der Waals surface area contributed by atoms with E-state index < -0.39 is 6.10 Å². The maximum absolute atomic E-state index is 9.98. The summed E-state index contributed by atoms with van der Waals surface area (Å²) in [6, 6.07) is 7.13. The zero-order valence-corrected chi connectivity index (χ0v) is 10.4. The highest BCUT2D eigenvalue weighted by Crippen LogP contribution is 2.23. The van der Waals surface area contributed by atoms with E-state index in [-0.39, 0.29) is 22.9 Å². The number of hydrogen-bond acceptors (Lipinski definition) is 5. The number of benzene rings is 1. The van der Waals surface area contributed by atoms with Gasteiger partial charge >= 0.3 is 0 Å². The van der Waals surface area contributed by atoms with Gasteiger partial charge in [-0.2, -0.15) is 10.5 Å². The van der Waals surface area contributed by atoms with Crippen LogP contribution in [-0.4, -0.2) is 17.7 Å². The molecule has 0 saturated carbocycles. The first-order valence-electron chi connectivity index (χ1n) is 5.64. The predicted molar refractivity (Wildman–Crippen MR) is 68.4 cm³/mol. The predicted octanol–water partition coefficient (Wildman–Crippen LogP) is 1.04. The van der Waals surface area contributed by atoms with Crippen LogP contribution >= 0.6 is 0 Å². The molecule has 0 spiro atoms. The summed E-state index contributed by atoms with van der Waals surface area (Å²) in [6.07, 6.45) is -0.771. The number of anilines is 1. The minimum atomic E-state index is -0.771. The Kier molecular flexibility index (Phi) is 4.67. The molecule has 0 aromatic heterocycles. The van der Waals surface area contributed by atoms with E-state index in [0.29, 0.717) is 12.1 Å². The quantitative estimate of drug-likeness (QED) is 0.686. The summed E-state index contributed by atoms with van der Waals surface area (Å²) in [4.78, 5) is 0. The Labute approximate surface area is 106 Å². The van der Waals surface area contributed by atoms with E-state index in [0.717, 1.165) is 0 Å². The fraction of sp³-hybridized carbons (Fsp3) is 0.385. The third-order valence-corrected chi connectivity index (χ3v) is 2.55. The first kappa shape index (κ1) is 14.0. The van der Waals surface area contributed by atoms with Crippen LogP contribution in [-0.2, 0) is 0 Å². The molecule has 0 aliphatic rings. The molecule has 1 unspecified atom stereocenters. The molecule has 1 rings (SSSR count). The Morgan fingerprint density at radius 1 is 1.28 bits per heavy atom. The number of aliphatic hydroxyl groups is 1. The molecule has 0 aliphatic carbocycles. The molecule has 1 aromatic rings. The lowest BCUT2D eigenvalue weighted by atomic mass is 10.0. The maximum Gasteiger partial charge on any atom is 0.101 e. The first-order chi connectivity index (χ1) is 8.49. The minimum absolute atomic E-state index is 0.160. The lowest BCUT2D eigenvalue weighted by Crippen LogP contribution is -2.28. The van der Waals surface area contributed by atoms with E-state index in [1.54, 1.807) is 0 Å². The van der Waals surface area contributed by atoms with Gasteiger partial charge in [0.05, 0.1) is 22.9 Å². The van der Waals surface area contributed by atoms with E-state index in [9.17, 15) is 5.11 Å². The minimum Gasteiger partial charge on any atom is -0.397 e. The lowest BCUT2D eigenvalue weighted by molar-refractivity contribution is 0.171. The van der Waals surface area contributed by atoms with Gasteiger partial charge in [-0.25, -0.2) is 0 Å². The van der Waals surface area contributed by atoms with Gasteiger partial charge in [0.15, 0.2) is 0 Å². The highest BCUT2D eigenvalue weighted by atomic mass is 16.3. The lowest BCUT2D eigenvalue weighted by Gasteiger charge is -2.15. The topological polar surface area (TPSA) is 106 Å². The van der Waals surface area contributed by atoms with Crippen molar-refractivity contribution in [2.75, 3.05) is 12.3 Å². The molecule has 18 heavy (non-hydrogen) atoms. The van der Waals surface area contributed by atoms with Crippen LogP contribution in [0.25, 0.3) is 0 Å². The number of nitrogen functional groups attached to an aromatic ring is 1. The van der Waals surface area contributed by atoms with Crippen molar-refractivity contribution in [3.8, 4) is 12.1 Å². The number of nitrogens with one attached hydrogen (secondary N) is 1. The molecule has 0 bridgehead atoms. The second-order valence-corrected chi connectivity index (χ2v) is 4.33. The Bertz CT molecular complexity index is 476. The molecule has 0 amide bonds. The molecule has 1 aromatic carbocycles. The molecule has 0 saturated heterocycles. The van der Waals surface area contributed by atoms with Crippen molar-refractivity contribution >= 4 is 5.69 Å². The second-order valence-electron chi connectivity index (χ2n) is 4.33. The van der Waals surface area contributed by atoms with Gasteiger partial charge in [0.25, 0.3) is 0 Å². The molecular formula is C13H16N4O. The number of rotatable bonds is 4. The highest BCUT2D eigenvalue weighted by molar-refractivity contribution is 5.65. The molecule has 5 heteroatoms. The Hall–Kier alpha value is -2.08. The summed E-state index contributed by atoms with van der Waals surface area (Å²) in [6.45, 7) is 4.30. The molecule has 0 aliphatic heterocycles. The van der Waals surface area contributed by atoms with Crippen LogP contribution in [0.4, 0.5) is 5.69 Å². The average Bonchev–Trinajstić information content (AvgIpc) is 2.36. The Morgan fingerprint density at radius 3 is 2.17 bits per heavy atom. The van der Waals surface area contributed by atoms with Gasteiger partial charge in [0.1, 0.15) is 12.1 Å². The normalized spacial score (nSPS) is 11.9. The maximum atomic E-state index is 9.98. The SMILES string of the molecule is CC(C)NCC(O)c1cc(C#N)c(N)c(C#N)c1. The summed E-state index contributed by atoms with van der Waals surface area (Å²) >= 11 is 0. The number of nitrogens with zero attached hydrogens (tertiary/aromatic N) is 2. The van der Waals surface area contributed by atoms with Crippen molar-refractivity contribution in [3.63, 3.8) is 0 Å². The fourth-order valence-corrected chi connectivity index (χ4v) is 1.52. The van der Waals surface area contributed by atoms with Crippen molar-refractivity contribution in [2.24, 2.45) is 0 Å². The summed E-state index contributed by atoms with van der Waals surface area (Å²) in [5.41, 5.74) is 6.76. The number of nitriles is 2. The van der Waals surface area contributed by atoms with Crippen molar-refractivity contribution < 1.29 is 5.11 Å². The summed E-state index contributed by atoms with van der Waals surface area (Å²) < 4.78 is 0. The molecule has 94 valence electrons. The zero-order valence-electron chi connectivity index (χ0n) is 10.4. The Morgan fingerprint density at radius 2 is 1.78 bits per heavy atom. The standard InChI is InChI=1S/C13H16N4O/c1-8(2)17-7-12(18)9-3-10(5-14)13(16)11(4-9)6-15/h3-4,8,12,17-18H,7,16H2,1-2H3. The summed E-state index contributed by atoms with van der Waals surface area (Å²) in [5.74, 6) is 0. The first-order valence-corrected chi connectivity index (χ1v) is 5.64. The molecule has 5 nitrogen and oxygen atoms in total. The van der Waals surface area contributed by atoms with Gasteiger partial charge in [0, 0.05) is 12.6 Å². The highest BCUT2D eigenvalue weighted by Gasteiger charge is 2.13. The van der Waals surface area contributed by atoms with Gasteiger partial charge in [-0.15, -0.1) is 0 Å². The van der Waals surface area contributed by atoms with Crippen LogP contribution < -0.4 is 11.1 Å². The van der Waals surface area contributed by atoms with E-state index in [1.165, 1.54) is 12.1 Å². The molecule has 0 radical (unpaired) electrons. The second kappa shape index (κ2) is 6.02. The largest absolute Gasteiger partial charge is 0.397 e.